The Morgan fingerprint density at radius 2 is 1.94 bits per heavy atom. The molecule has 1 N–H and O–H groups in total. The molecule has 11 heteroatoms. The standard InChI is InChI=1S/C22H26F3N5O2.ClH/c1-3-6-32-18-5-4-13(2)29-19(18)20(31)30-12-15-7-14(15)8-17(30)11-28-21-26-9-16(10-27-21)22(23,24)25;/h4-5,9-10,14-15,17H,3,6-8,11-12H2,1-2H3,(H,26,27,28);1H/t14-,15+,17+;/m1./s1. The molecular formula is C22H27ClF3N5O2. The second kappa shape index (κ2) is 10.1. The highest BCUT2D eigenvalue weighted by atomic mass is 35.5. The van der Waals surface area contributed by atoms with Crippen molar-refractivity contribution in [2.75, 3.05) is 25.0 Å². The molecule has 1 saturated heterocycles. The summed E-state index contributed by atoms with van der Waals surface area (Å²) in [6.07, 6.45) is -0.258. The molecule has 2 aromatic heterocycles. The number of carbonyl (C=O) groups excluding carboxylic acids is 1. The van der Waals surface area contributed by atoms with Gasteiger partial charge >= 0.3 is 6.18 Å². The van der Waals surface area contributed by atoms with E-state index in [1.54, 1.807) is 6.07 Å². The number of hydrogen-bond acceptors (Lipinski definition) is 6. The first-order chi connectivity index (χ1) is 15.3. The van der Waals surface area contributed by atoms with Crippen molar-refractivity contribution in [1.29, 1.82) is 0 Å². The number of halogens is 4. The van der Waals surface area contributed by atoms with E-state index in [9.17, 15) is 18.0 Å². The third-order valence-corrected chi connectivity index (χ3v) is 5.91. The summed E-state index contributed by atoms with van der Waals surface area (Å²) in [5, 5.41) is 2.99. The van der Waals surface area contributed by atoms with Crippen LogP contribution in [0.1, 0.15) is 47.9 Å². The van der Waals surface area contributed by atoms with E-state index in [2.05, 4.69) is 20.3 Å². The van der Waals surface area contributed by atoms with Crippen LogP contribution < -0.4 is 10.1 Å². The number of alkyl halides is 3. The highest BCUT2D eigenvalue weighted by Gasteiger charge is 2.47. The molecule has 1 amide bonds. The molecule has 0 spiro atoms. The number of fused-ring (bicyclic) bond motifs is 1. The molecule has 180 valence electrons. The van der Waals surface area contributed by atoms with Crippen molar-refractivity contribution in [2.24, 2.45) is 11.8 Å². The number of anilines is 1. The first-order valence-electron chi connectivity index (χ1n) is 10.8. The number of likely N-dealkylation sites (tertiary alicyclic amines) is 1. The molecule has 0 unspecified atom stereocenters. The quantitative estimate of drug-likeness (QED) is 0.627. The molecule has 3 heterocycles. The monoisotopic (exact) mass is 485 g/mol. The summed E-state index contributed by atoms with van der Waals surface area (Å²) in [5.41, 5.74) is 0.128. The number of nitrogens with zero attached hydrogens (tertiary/aromatic N) is 4. The highest BCUT2D eigenvalue weighted by molar-refractivity contribution is 5.95. The lowest BCUT2D eigenvalue weighted by atomic mass is 10.0. The molecule has 0 aromatic carbocycles. The maximum absolute atomic E-state index is 13.5. The lowest BCUT2D eigenvalue weighted by Gasteiger charge is -2.35. The van der Waals surface area contributed by atoms with Crippen molar-refractivity contribution >= 4 is 24.3 Å². The van der Waals surface area contributed by atoms with E-state index in [0.29, 0.717) is 43.0 Å². The summed E-state index contributed by atoms with van der Waals surface area (Å²) in [7, 11) is 0. The molecular weight excluding hydrogens is 459 g/mol. The van der Waals surface area contributed by atoms with Crippen molar-refractivity contribution in [1.82, 2.24) is 19.9 Å². The second-order valence-electron chi connectivity index (χ2n) is 8.42. The first kappa shape index (κ1) is 25.0. The van der Waals surface area contributed by atoms with Crippen LogP contribution >= 0.6 is 12.4 Å². The maximum atomic E-state index is 13.5. The molecule has 2 aromatic rings. The Balaban J connectivity index is 0.00000306. The van der Waals surface area contributed by atoms with Gasteiger partial charge in [-0.2, -0.15) is 13.2 Å². The average Bonchev–Trinajstić information content (AvgIpc) is 3.53. The number of piperidine rings is 1. The van der Waals surface area contributed by atoms with Crippen LogP contribution in [0.4, 0.5) is 19.1 Å². The van der Waals surface area contributed by atoms with Gasteiger partial charge in [0.1, 0.15) is 0 Å². The number of aryl methyl sites for hydroxylation is 1. The van der Waals surface area contributed by atoms with Gasteiger partial charge in [-0.05, 0) is 50.2 Å². The summed E-state index contributed by atoms with van der Waals surface area (Å²) in [6, 6.07) is 3.45. The van der Waals surface area contributed by atoms with E-state index in [1.165, 1.54) is 0 Å². The number of pyridine rings is 1. The topological polar surface area (TPSA) is 80.2 Å². The van der Waals surface area contributed by atoms with Crippen LogP contribution in [0.3, 0.4) is 0 Å². The smallest absolute Gasteiger partial charge is 0.419 e. The van der Waals surface area contributed by atoms with Crippen LogP contribution in [0.2, 0.25) is 0 Å². The summed E-state index contributed by atoms with van der Waals surface area (Å²) in [5.74, 6) is 1.44. The molecule has 2 aliphatic rings. The van der Waals surface area contributed by atoms with Crippen LogP contribution in [-0.2, 0) is 6.18 Å². The van der Waals surface area contributed by atoms with Gasteiger partial charge in [-0.15, -0.1) is 12.4 Å². The molecule has 1 aliphatic carbocycles. The fourth-order valence-corrected chi connectivity index (χ4v) is 4.08. The lowest BCUT2D eigenvalue weighted by molar-refractivity contribution is -0.138. The number of nitrogens with one attached hydrogen (secondary N) is 1. The summed E-state index contributed by atoms with van der Waals surface area (Å²) in [4.78, 5) is 27.3. The molecule has 7 nitrogen and oxygen atoms in total. The van der Waals surface area contributed by atoms with Gasteiger partial charge < -0.3 is 15.0 Å². The highest BCUT2D eigenvalue weighted by Crippen LogP contribution is 2.47. The summed E-state index contributed by atoms with van der Waals surface area (Å²) >= 11 is 0. The van der Waals surface area contributed by atoms with Gasteiger partial charge in [0.2, 0.25) is 5.95 Å². The van der Waals surface area contributed by atoms with E-state index >= 15 is 0 Å². The Morgan fingerprint density at radius 3 is 2.61 bits per heavy atom. The SMILES string of the molecule is CCCOc1ccc(C)nc1C(=O)N1C[C@@H]2C[C@@H]2C[C@H]1CNc1ncc(C(F)(F)F)cn1.Cl. The number of hydrogen-bond donors (Lipinski definition) is 1. The molecule has 3 atom stereocenters. The Hall–Kier alpha value is -2.62. The molecule has 1 aliphatic heterocycles. The number of carbonyl (C=O) groups is 1. The summed E-state index contributed by atoms with van der Waals surface area (Å²) < 4.78 is 43.9. The average molecular weight is 486 g/mol. The minimum absolute atomic E-state index is 0. The Morgan fingerprint density at radius 1 is 1.21 bits per heavy atom. The zero-order valence-electron chi connectivity index (χ0n) is 18.4. The van der Waals surface area contributed by atoms with Crippen LogP contribution in [0.5, 0.6) is 5.75 Å². The molecule has 33 heavy (non-hydrogen) atoms. The van der Waals surface area contributed by atoms with Crippen molar-refractivity contribution in [3.63, 3.8) is 0 Å². The number of ether oxygens (including phenoxy) is 1. The van der Waals surface area contributed by atoms with Crippen molar-refractivity contribution < 1.29 is 22.7 Å². The molecule has 1 saturated carbocycles. The fraction of sp³-hybridized carbons (Fsp3) is 0.545. The zero-order chi connectivity index (χ0) is 22.9. The van der Waals surface area contributed by atoms with E-state index in [4.69, 9.17) is 4.74 Å². The molecule has 0 bridgehead atoms. The lowest BCUT2D eigenvalue weighted by Crippen LogP contribution is -2.48. The van der Waals surface area contributed by atoms with Crippen LogP contribution in [0, 0.1) is 18.8 Å². The molecule has 2 fully saturated rings. The van der Waals surface area contributed by atoms with E-state index in [-0.39, 0.29) is 30.3 Å². The fourth-order valence-electron chi connectivity index (χ4n) is 4.08. The third-order valence-electron chi connectivity index (χ3n) is 5.91. The van der Waals surface area contributed by atoms with E-state index in [0.717, 1.165) is 37.4 Å². The van der Waals surface area contributed by atoms with Gasteiger partial charge in [0.15, 0.2) is 11.4 Å². The largest absolute Gasteiger partial charge is 0.491 e. The van der Waals surface area contributed by atoms with Crippen molar-refractivity contribution in [2.45, 2.75) is 45.3 Å². The van der Waals surface area contributed by atoms with Gasteiger partial charge in [0, 0.05) is 37.2 Å². The van der Waals surface area contributed by atoms with Crippen molar-refractivity contribution in [3.8, 4) is 5.75 Å². The second-order valence-corrected chi connectivity index (χ2v) is 8.42. The van der Waals surface area contributed by atoms with Gasteiger partial charge in [-0.25, -0.2) is 15.0 Å². The van der Waals surface area contributed by atoms with Crippen LogP contribution in [0.15, 0.2) is 24.5 Å². The number of aromatic nitrogens is 3. The molecule has 4 rings (SSSR count). The first-order valence-corrected chi connectivity index (χ1v) is 10.8. The van der Waals surface area contributed by atoms with Crippen molar-refractivity contribution in [3.05, 3.63) is 41.5 Å². The summed E-state index contributed by atoms with van der Waals surface area (Å²) in [6.45, 7) is 5.29. The maximum Gasteiger partial charge on any atom is 0.419 e. The minimum atomic E-state index is -4.48. The number of rotatable bonds is 7. The predicted molar refractivity (Wildman–Crippen MR) is 119 cm³/mol. The van der Waals surface area contributed by atoms with Crippen LogP contribution in [0.25, 0.3) is 0 Å². The van der Waals surface area contributed by atoms with Crippen LogP contribution in [-0.4, -0.2) is 51.5 Å². The van der Waals surface area contributed by atoms with Gasteiger partial charge in [0.05, 0.1) is 12.2 Å². The number of amides is 1. The van der Waals surface area contributed by atoms with Gasteiger partial charge in [-0.1, -0.05) is 6.92 Å². The molecule has 0 radical (unpaired) electrons. The van der Waals surface area contributed by atoms with Gasteiger partial charge in [0.25, 0.3) is 5.91 Å². The van der Waals surface area contributed by atoms with Gasteiger partial charge in [-0.3, -0.25) is 4.79 Å². The van der Waals surface area contributed by atoms with E-state index in [1.807, 2.05) is 24.8 Å². The minimum Gasteiger partial charge on any atom is -0.491 e. The predicted octanol–water partition coefficient (Wildman–Crippen LogP) is 4.37. The third kappa shape index (κ3) is 5.85. The van der Waals surface area contributed by atoms with E-state index < -0.39 is 11.7 Å². The zero-order valence-corrected chi connectivity index (χ0v) is 19.2. The normalized spacial score (nSPS) is 21.6. The Labute approximate surface area is 196 Å². The Kier molecular flexibility index (Phi) is 7.66. The Bertz CT molecular complexity index is 973.